The summed E-state index contributed by atoms with van der Waals surface area (Å²) in [6.45, 7) is 4.11. The number of rotatable bonds is 2. The van der Waals surface area contributed by atoms with Crippen LogP contribution >= 0.6 is 0 Å². The molecule has 0 aliphatic carbocycles. The summed E-state index contributed by atoms with van der Waals surface area (Å²) in [6.07, 6.45) is 0.924. The van der Waals surface area contributed by atoms with Gasteiger partial charge in [-0.25, -0.2) is 0 Å². The van der Waals surface area contributed by atoms with Gasteiger partial charge < -0.3 is 11.5 Å². The summed E-state index contributed by atoms with van der Waals surface area (Å²) >= 11 is 0. The van der Waals surface area contributed by atoms with E-state index >= 15 is 0 Å². The highest BCUT2D eigenvalue weighted by atomic mass is 14.7. The van der Waals surface area contributed by atoms with Gasteiger partial charge in [0.25, 0.3) is 0 Å². The molecular formula is C10H16N2. The third kappa shape index (κ3) is 1.77. The molecule has 0 bridgehead atoms. The van der Waals surface area contributed by atoms with Crippen LogP contribution in [0.3, 0.4) is 0 Å². The lowest BCUT2D eigenvalue weighted by Crippen LogP contribution is -2.11. The number of hydrogen-bond acceptors (Lipinski definition) is 2. The molecule has 0 aromatic heterocycles. The monoisotopic (exact) mass is 164 g/mol. The van der Waals surface area contributed by atoms with Crippen LogP contribution in [0.2, 0.25) is 0 Å². The van der Waals surface area contributed by atoms with Gasteiger partial charge in [0.05, 0.1) is 0 Å². The van der Waals surface area contributed by atoms with E-state index in [2.05, 4.69) is 13.0 Å². The van der Waals surface area contributed by atoms with Gasteiger partial charge in [-0.05, 0) is 25.0 Å². The van der Waals surface area contributed by atoms with Gasteiger partial charge in [0, 0.05) is 11.7 Å². The second-order valence-corrected chi connectivity index (χ2v) is 3.15. The Labute approximate surface area is 73.6 Å². The van der Waals surface area contributed by atoms with Crippen molar-refractivity contribution in [3.8, 4) is 0 Å². The van der Waals surface area contributed by atoms with Crippen LogP contribution in [-0.4, -0.2) is 0 Å². The van der Waals surface area contributed by atoms with Crippen molar-refractivity contribution in [1.29, 1.82) is 0 Å². The van der Waals surface area contributed by atoms with Gasteiger partial charge >= 0.3 is 0 Å². The topological polar surface area (TPSA) is 52.0 Å². The number of aryl methyl sites for hydroxylation is 1. The molecule has 0 saturated carbocycles. The van der Waals surface area contributed by atoms with Gasteiger partial charge in [0.15, 0.2) is 0 Å². The van der Waals surface area contributed by atoms with Crippen LogP contribution in [0.1, 0.15) is 30.5 Å². The summed E-state index contributed by atoms with van der Waals surface area (Å²) in [7, 11) is 0. The van der Waals surface area contributed by atoms with Crippen molar-refractivity contribution in [2.45, 2.75) is 26.3 Å². The van der Waals surface area contributed by atoms with Crippen LogP contribution in [0.4, 0.5) is 5.69 Å². The second kappa shape index (κ2) is 3.59. The van der Waals surface area contributed by atoms with E-state index in [4.69, 9.17) is 11.5 Å². The largest absolute Gasteiger partial charge is 0.398 e. The van der Waals surface area contributed by atoms with Crippen LogP contribution in [0, 0.1) is 6.92 Å². The van der Waals surface area contributed by atoms with Crippen molar-refractivity contribution in [2.75, 3.05) is 5.73 Å². The molecule has 0 saturated heterocycles. The Morgan fingerprint density at radius 1 is 1.42 bits per heavy atom. The molecule has 12 heavy (non-hydrogen) atoms. The number of anilines is 1. The lowest BCUT2D eigenvalue weighted by molar-refractivity contribution is 0.700. The third-order valence-corrected chi connectivity index (χ3v) is 2.08. The quantitative estimate of drug-likeness (QED) is 0.657. The van der Waals surface area contributed by atoms with Crippen LogP contribution < -0.4 is 11.5 Å². The lowest BCUT2D eigenvalue weighted by Gasteiger charge is -2.12. The third-order valence-electron chi connectivity index (χ3n) is 2.08. The Bertz CT molecular complexity index is 269. The maximum absolute atomic E-state index is 5.88. The second-order valence-electron chi connectivity index (χ2n) is 3.15. The molecule has 1 atom stereocenters. The summed E-state index contributed by atoms with van der Waals surface area (Å²) in [5, 5.41) is 0. The molecule has 0 aliphatic heterocycles. The molecular weight excluding hydrogens is 148 g/mol. The molecule has 4 N–H and O–H groups in total. The molecule has 0 heterocycles. The molecule has 2 heteroatoms. The summed E-state index contributed by atoms with van der Waals surface area (Å²) < 4.78 is 0. The lowest BCUT2D eigenvalue weighted by atomic mass is 10.0. The van der Waals surface area contributed by atoms with Crippen LogP contribution in [0.15, 0.2) is 18.2 Å². The Morgan fingerprint density at radius 2 is 2.08 bits per heavy atom. The Morgan fingerprint density at radius 3 is 2.67 bits per heavy atom. The van der Waals surface area contributed by atoms with Crippen molar-refractivity contribution in [1.82, 2.24) is 0 Å². The number of benzene rings is 1. The van der Waals surface area contributed by atoms with E-state index in [0.29, 0.717) is 0 Å². The molecule has 0 amide bonds. The molecule has 0 spiro atoms. The van der Waals surface area contributed by atoms with E-state index in [1.165, 1.54) is 5.56 Å². The van der Waals surface area contributed by atoms with E-state index in [9.17, 15) is 0 Å². The standard InChI is InChI=1S/C10H16N2/c1-3-9(11)8-6-7(2)4-5-10(8)12/h4-6,9H,3,11-12H2,1-2H3/t9-/m1/s1. The van der Waals surface area contributed by atoms with E-state index in [-0.39, 0.29) is 6.04 Å². The Balaban J connectivity index is 3.04. The molecule has 66 valence electrons. The molecule has 1 aromatic carbocycles. The summed E-state index contributed by atoms with van der Waals surface area (Å²) in [4.78, 5) is 0. The zero-order valence-electron chi connectivity index (χ0n) is 7.67. The molecule has 0 fully saturated rings. The normalized spacial score (nSPS) is 12.9. The first-order chi connectivity index (χ1) is 5.65. The van der Waals surface area contributed by atoms with E-state index < -0.39 is 0 Å². The fourth-order valence-corrected chi connectivity index (χ4v) is 1.24. The average molecular weight is 164 g/mol. The summed E-state index contributed by atoms with van der Waals surface area (Å²) in [5.41, 5.74) is 14.7. The average Bonchev–Trinajstić information content (AvgIpc) is 2.08. The van der Waals surface area contributed by atoms with E-state index in [1.807, 2.05) is 19.1 Å². The SMILES string of the molecule is CC[C@@H](N)c1cc(C)ccc1N. The number of nitrogens with two attached hydrogens (primary N) is 2. The molecule has 0 unspecified atom stereocenters. The minimum atomic E-state index is 0.0740. The first kappa shape index (κ1) is 9.07. The Kier molecular flexibility index (Phi) is 2.71. The smallest absolute Gasteiger partial charge is 0.0362 e. The maximum Gasteiger partial charge on any atom is 0.0362 e. The first-order valence-electron chi connectivity index (χ1n) is 4.26. The maximum atomic E-state index is 5.88. The predicted molar refractivity (Wildman–Crippen MR) is 52.8 cm³/mol. The number of nitrogen functional groups attached to an aromatic ring is 1. The van der Waals surface area contributed by atoms with Crippen molar-refractivity contribution in [3.05, 3.63) is 29.3 Å². The fourth-order valence-electron chi connectivity index (χ4n) is 1.24. The minimum absolute atomic E-state index is 0.0740. The zero-order valence-corrected chi connectivity index (χ0v) is 7.67. The van der Waals surface area contributed by atoms with Crippen molar-refractivity contribution in [2.24, 2.45) is 5.73 Å². The van der Waals surface area contributed by atoms with Gasteiger partial charge in [-0.2, -0.15) is 0 Å². The summed E-state index contributed by atoms with van der Waals surface area (Å²) in [6, 6.07) is 6.05. The molecule has 0 radical (unpaired) electrons. The fraction of sp³-hybridized carbons (Fsp3) is 0.400. The van der Waals surface area contributed by atoms with E-state index in [0.717, 1.165) is 17.7 Å². The van der Waals surface area contributed by atoms with Crippen LogP contribution in [0.5, 0.6) is 0 Å². The van der Waals surface area contributed by atoms with Crippen LogP contribution in [-0.2, 0) is 0 Å². The van der Waals surface area contributed by atoms with Crippen LogP contribution in [0.25, 0.3) is 0 Å². The summed E-state index contributed by atoms with van der Waals surface area (Å²) in [5.74, 6) is 0. The highest BCUT2D eigenvalue weighted by Crippen LogP contribution is 2.21. The van der Waals surface area contributed by atoms with Crippen molar-refractivity contribution in [3.63, 3.8) is 0 Å². The molecule has 2 nitrogen and oxygen atoms in total. The van der Waals surface area contributed by atoms with Gasteiger partial charge in [0.2, 0.25) is 0 Å². The Hall–Kier alpha value is -1.02. The first-order valence-corrected chi connectivity index (χ1v) is 4.26. The zero-order chi connectivity index (χ0) is 9.14. The van der Waals surface area contributed by atoms with Gasteiger partial charge in [-0.15, -0.1) is 0 Å². The molecule has 0 aliphatic rings. The minimum Gasteiger partial charge on any atom is -0.398 e. The van der Waals surface area contributed by atoms with E-state index in [1.54, 1.807) is 0 Å². The highest BCUT2D eigenvalue weighted by Gasteiger charge is 2.06. The number of hydrogen-bond donors (Lipinski definition) is 2. The van der Waals surface area contributed by atoms with Crippen molar-refractivity contribution < 1.29 is 0 Å². The van der Waals surface area contributed by atoms with Gasteiger partial charge in [-0.1, -0.05) is 24.6 Å². The molecule has 1 aromatic rings. The predicted octanol–water partition coefficient (Wildman–Crippen LogP) is 1.99. The highest BCUT2D eigenvalue weighted by molar-refractivity contribution is 5.49. The van der Waals surface area contributed by atoms with Gasteiger partial charge in [0.1, 0.15) is 0 Å². The van der Waals surface area contributed by atoms with Crippen molar-refractivity contribution >= 4 is 5.69 Å². The van der Waals surface area contributed by atoms with Gasteiger partial charge in [-0.3, -0.25) is 0 Å². The molecule has 1 rings (SSSR count).